The van der Waals surface area contributed by atoms with Gasteiger partial charge in [0.25, 0.3) is 0 Å². The molecule has 8 nitrogen and oxygen atoms in total. The van der Waals surface area contributed by atoms with Gasteiger partial charge >= 0.3 is 17.9 Å². The summed E-state index contributed by atoms with van der Waals surface area (Å²) in [6.07, 6.45) is -0.605. The van der Waals surface area contributed by atoms with E-state index in [1.165, 1.54) is 0 Å². The fourth-order valence-corrected chi connectivity index (χ4v) is 1.72. The van der Waals surface area contributed by atoms with Gasteiger partial charge in [-0.2, -0.15) is 0 Å². The van der Waals surface area contributed by atoms with Crippen LogP contribution in [0.5, 0.6) is 0 Å². The number of carboxylic acid groups (broad SMARTS) is 2. The van der Waals surface area contributed by atoms with E-state index < -0.39 is 36.4 Å². The first kappa shape index (κ1) is 15.4. The molecule has 0 aromatic carbocycles. The minimum atomic E-state index is -2.65. The summed E-state index contributed by atoms with van der Waals surface area (Å²) in [5, 5.41) is 26.9. The molecule has 0 amide bonds. The Kier molecular flexibility index (Phi) is 5.25. The van der Waals surface area contributed by atoms with E-state index in [0.717, 1.165) is 12.8 Å². The van der Waals surface area contributed by atoms with E-state index in [1.54, 1.807) is 0 Å². The average Bonchev–Trinajstić information content (AvgIpc) is 2.77. The van der Waals surface area contributed by atoms with Crippen molar-refractivity contribution in [2.24, 2.45) is 0 Å². The van der Waals surface area contributed by atoms with Gasteiger partial charge in [-0.15, -0.1) is 0 Å². The molecule has 0 spiro atoms. The highest BCUT2D eigenvalue weighted by molar-refractivity contribution is 5.88. The van der Waals surface area contributed by atoms with Crippen molar-refractivity contribution in [2.45, 2.75) is 37.4 Å². The Bertz CT molecular complexity index is 360. The van der Waals surface area contributed by atoms with Crippen molar-refractivity contribution >= 4 is 17.9 Å². The van der Waals surface area contributed by atoms with E-state index in [0.29, 0.717) is 6.61 Å². The van der Waals surface area contributed by atoms with Crippen LogP contribution in [0.25, 0.3) is 0 Å². The number of rotatable bonds is 7. The van der Waals surface area contributed by atoms with Crippen LogP contribution in [0.4, 0.5) is 0 Å². The molecule has 0 bridgehead atoms. The topological polar surface area (TPSA) is 130 Å². The monoisotopic (exact) mass is 276 g/mol. The van der Waals surface area contributed by atoms with Gasteiger partial charge in [0.15, 0.2) is 5.60 Å². The summed E-state index contributed by atoms with van der Waals surface area (Å²) >= 11 is 0. The quantitative estimate of drug-likeness (QED) is 0.525. The summed E-state index contributed by atoms with van der Waals surface area (Å²) in [5.74, 6) is -4.26. The smallest absolute Gasteiger partial charge is 0.336 e. The Morgan fingerprint density at radius 1 is 1.26 bits per heavy atom. The molecule has 8 heteroatoms. The summed E-state index contributed by atoms with van der Waals surface area (Å²) in [4.78, 5) is 32.7. The number of aliphatic hydroxyl groups is 1. The van der Waals surface area contributed by atoms with Crippen LogP contribution in [-0.4, -0.2) is 58.1 Å². The zero-order chi connectivity index (χ0) is 14.5. The minimum absolute atomic E-state index is 0.0262. The summed E-state index contributed by atoms with van der Waals surface area (Å²) in [7, 11) is 0. The molecule has 1 aliphatic heterocycles. The lowest BCUT2D eigenvalue weighted by Crippen LogP contribution is -2.43. The van der Waals surface area contributed by atoms with Gasteiger partial charge in [0.05, 0.1) is 18.9 Å². The van der Waals surface area contributed by atoms with Gasteiger partial charge in [-0.05, 0) is 12.8 Å². The van der Waals surface area contributed by atoms with Gasteiger partial charge in [0.2, 0.25) is 0 Å². The normalized spacial score (nSPS) is 21.6. The molecule has 1 saturated heterocycles. The molecular formula is C11H16O8. The predicted molar refractivity (Wildman–Crippen MR) is 59.4 cm³/mol. The standard InChI is InChI=1S/C11H16O8/c12-8(13)4-11(17,10(15)16)5-9(14)19-6-7-2-1-3-18-7/h7,17H,1-6H2,(H,12,13)(H,15,16). The van der Waals surface area contributed by atoms with E-state index in [2.05, 4.69) is 0 Å². The second-order valence-electron chi connectivity index (χ2n) is 4.40. The third-order valence-electron chi connectivity index (χ3n) is 2.73. The second kappa shape index (κ2) is 6.48. The summed E-state index contributed by atoms with van der Waals surface area (Å²) in [5.41, 5.74) is -2.65. The Labute approximate surface area is 108 Å². The minimum Gasteiger partial charge on any atom is -0.481 e. The lowest BCUT2D eigenvalue weighted by Gasteiger charge is -2.20. The van der Waals surface area contributed by atoms with E-state index in [9.17, 15) is 19.5 Å². The van der Waals surface area contributed by atoms with E-state index in [-0.39, 0.29) is 12.7 Å². The third kappa shape index (κ3) is 4.84. The molecule has 1 aliphatic rings. The van der Waals surface area contributed by atoms with Crippen LogP contribution < -0.4 is 0 Å². The van der Waals surface area contributed by atoms with E-state index >= 15 is 0 Å². The summed E-state index contributed by atoms with van der Waals surface area (Å²) in [6, 6.07) is 0. The van der Waals surface area contributed by atoms with Crippen LogP contribution in [0.1, 0.15) is 25.7 Å². The van der Waals surface area contributed by atoms with Crippen LogP contribution in [0.15, 0.2) is 0 Å². The summed E-state index contributed by atoms with van der Waals surface area (Å²) in [6.45, 7) is 0.557. The van der Waals surface area contributed by atoms with Crippen molar-refractivity contribution in [1.29, 1.82) is 0 Å². The fraction of sp³-hybridized carbons (Fsp3) is 0.727. The molecule has 0 aromatic rings. The third-order valence-corrected chi connectivity index (χ3v) is 2.73. The molecule has 108 valence electrons. The van der Waals surface area contributed by atoms with Crippen molar-refractivity contribution in [3.05, 3.63) is 0 Å². The molecule has 3 N–H and O–H groups in total. The van der Waals surface area contributed by atoms with Gasteiger partial charge in [-0.25, -0.2) is 4.79 Å². The van der Waals surface area contributed by atoms with Gasteiger partial charge in [0.1, 0.15) is 6.61 Å². The predicted octanol–water partition coefficient (Wildman–Crippen LogP) is -0.611. The van der Waals surface area contributed by atoms with Crippen LogP contribution in [-0.2, 0) is 23.9 Å². The number of carbonyl (C=O) groups excluding carboxylic acids is 1. The zero-order valence-corrected chi connectivity index (χ0v) is 10.2. The van der Waals surface area contributed by atoms with Crippen LogP contribution >= 0.6 is 0 Å². The molecule has 1 fully saturated rings. The van der Waals surface area contributed by atoms with Crippen LogP contribution in [0, 0.1) is 0 Å². The van der Waals surface area contributed by atoms with Gasteiger partial charge in [-0.1, -0.05) is 0 Å². The molecule has 0 aliphatic carbocycles. The molecule has 19 heavy (non-hydrogen) atoms. The largest absolute Gasteiger partial charge is 0.481 e. The first-order valence-corrected chi connectivity index (χ1v) is 5.78. The van der Waals surface area contributed by atoms with Crippen molar-refractivity contribution in [2.75, 3.05) is 13.2 Å². The zero-order valence-electron chi connectivity index (χ0n) is 10.2. The molecule has 0 radical (unpaired) electrons. The molecular weight excluding hydrogens is 260 g/mol. The second-order valence-corrected chi connectivity index (χ2v) is 4.40. The van der Waals surface area contributed by atoms with Gasteiger partial charge < -0.3 is 24.8 Å². The molecule has 1 rings (SSSR count). The Morgan fingerprint density at radius 3 is 2.42 bits per heavy atom. The maximum Gasteiger partial charge on any atom is 0.336 e. The lowest BCUT2D eigenvalue weighted by atomic mass is 9.96. The van der Waals surface area contributed by atoms with Crippen molar-refractivity contribution < 1.29 is 39.2 Å². The highest BCUT2D eigenvalue weighted by atomic mass is 16.6. The Hall–Kier alpha value is -1.67. The number of carbonyl (C=O) groups is 3. The average molecular weight is 276 g/mol. The Balaban J connectivity index is 2.46. The molecule has 2 atom stereocenters. The molecule has 0 saturated carbocycles. The number of hydrogen-bond acceptors (Lipinski definition) is 6. The van der Waals surface area contributed by atoms with Crippen molar-refractivity contribution in [3.8, 4) is 0 Å². The lowest BCUT2D eigenvalue weighted by molar-refractivity contribution is -0.172. The number of ether oxygens (including phenoxy) is 2. The number of esters is 1. The SMILES string of the molecule is O=C(O)CC(O)(CC(=O)OCC1CCCO1)C(=O)O. The van der Waals surface area contributed by atoms with Crippen LogP contribution in [0.3, 0.4) is 0 Å². The van der Waals surface area contributed by atoms with E-state index in [4.69, 9.17) is 19.7 Å². The first-order chi connectivity index (χ1) is 8.83. The number of hydrogen-bond donors (Lipinski definition) is 3. The maximum absolute atomic E-state index is 11.4. The first-order valence-electron chi connectivity index (χ1n) is 5.78. The van der Waals surface area contributed by atoms with E-state index in [1.807, 2.05) is 0 Å². The fourth-order valence-electron chi connectivity index (χ4n) is 1.72. The maximum atomic E-state index is 11.4. The molecule has 0 aromatic heterocycles. The Morgan fingerprint density at radius 2 is 1.95 bits per heavy atom. The van der Waals surface area contributed by atoms with Crippen molar-refractivity contribution in [3.63, 3.8) is 0 Å². The summed E-state index contributed by atoms with van der Waals surface area (Å²) < 4.78 is 9.97. The van der Waals surface area contributed by atoms with Gasteiger partial charge in [0, 0.05) is 6.61 Å². The molecule has 2 unspecified atom stereocenters. The highest BCUT2D eigenvalue weighted by Gasteiger charge is 2.41. The van der Waals surface area contributed by atoms with Gasteiger partial charge in [-0.3, -0.25) is 9.59 Å². The number of aliphatic carboxylic acids is 2. The molecule has 1 heterocycles. The van der Waals surface area contributed by atoms with Crippen molar-refractivity contribution in [1.82, 2.24) is 0 Å². The number of carboxylic acids is 2. The van der Waals surface area contributed by atoms with Crippen LogP contribution in [0.2, 0.25) is 0 Å². The highest BCUT2D eigenvalue weighted by Crippen LogP contribution is 2.18.